The fourth-order valence-electron chi connectivity index (χ4n) is 3.01. The molecule has 0 bridgehead atoms. The maximum absolute atomic E-state index is 10.2. The first-order valence-electron chi connectivity index (χ1n) is 9.52. The molecule has 2 N–H and O–H groups in total. The molecule has 0 spiro atoms. The molecular weight excluding hydrogens is 324 g/mol. The minimum atomic E-state index is -0.511. The predicted molar refractivity (Wildman–Crippen MR) is 105 cm³/mol. The van der Waals surface area contributed by atoms with E-state index in [1.165, 1.54) is 24.0 Å². The van der Waals surface area contributed by atoms with Gasteiger partial charge in [-0.1, -0.05) is 42.5 Å². The van der Waals surface area contributed by atoms with Gasteiger partial charge in [-0.05, 0) is 55.6 Å². The van der Waals surface area contributed by atoms with Crippen molar-refractivity contribution in [2.45, 2.75) is 32.0 Å². The van der Waals surface area contributed by atoms with E-state index >= 15 is 0 Å². The standard InChI is InChI=1S/C22H30N2O2/c1-24(15-20-5-3-2-4-6-20)16-21(25)17-26-22-11-9-19(10-12-22)14-23-13-18-7-8-18/h2-6,9-12,18,21,23,25H,7-8,13-17H2,1H3/t21-/m1/s1. The van der Waals surface area contributed by atoms with Crippen molar-refractivity contribution in [1.82, 2.24) is 10.2 Å². The molecule has 1 aliphatic rings. The Morgan fingerprint density at radius 1 is 1.08 bits per heavy atom. The van der Waals surface area contributed by atoms with Crippen molar-refractivity contribution in [1.29, 1.82) is 0 Å². The van der Waals surface area contributed by atoms with Gasteiger partial charge in [-0.2, -0.15) is 0 Å². The Kier molecular flexibility index (Phi) is 7.06. The average molecular weight is 354 g/mol. The molecule has 2 aromatic rings. The zero-order chi connectivity index (χ0) is 18.2. The van der Waals surface area contributed by atoms with Crippen LogP contribution in [0.25, 0.3) is 0 Å². The van der Waals surface area contributed by atoms with Crippen molar-refractivity contribution in [2.75, 3.05) is 26.7 Å². The molecule has 26 heavy (non-hydrogen) atoms. The molecule has 4 nitrogen and oxygen atoms in total. The Morgan fingerprint density at radius 3 is 2.50 bits per heavy atom. The smallest absolute Gasteiger partial charge is 0.119 e. The maximum atomic E-state index is 10.2. The number of benzene rings is 2. The zero-order valence-electron chi connectivity index (χ0n) is 15.6. The molecule has 1 atom stereocenters. The monoisotopic (exact) mass is 354 g/mol. The Hall–Kier alpha value is -1.88. The minimum absolute atomic E-state index is 0.304. The van der Waals surface area contributed by atoms with Gasteiger partial charge < -0.3 is 15.2 Å². The highest BCUT2D eigenvalue weighted by Gasteiger charge is 2.20. The molecule has 1 aliphatic carbocycles. The van der Waals surface area contributed by atoms with Crippen LogP contribution in [0.15, 0.2) is 54.6 Å². The summed E-state index contributed by atoms with van der Waals surface area (Å²) < 4.78 is 5.73. The summed E-state index contributed by atoms with van der Waals surface area (Å²) in [7, 11) is 2.01. The number of rotatable bonds is 11. The van der Waals surface area contributed by atoms with E-state index in [0.29, 0.717) is 13.2 Å². The van der Waals surface area contributed by atoms with Gasteiger partial charge in [0.2, 0.25) is 0 Å². The summed E-state index contributed by atoms with van der Waals surface area (Å²) >= 11 is 0. The van der Waals surface area contributed by atoms with Crippen LogP contribution in [0, 0.1) is 5.92 Å². The van der Waals surface area contributed by atoms with Crippen LogP contribution in [0.5, 0.6) is 5.75 Å². The highest BCUT2D eigenvalue weighted by molar-refractivity contribution is 5.27. The molecule has 0 unspecified atom stereocenters. The van der Waals surface area contributed by atoms with Crippen molar-refractivity contribution in [3.05, 3.63) is 65.7 Å². The topological polar surface area (TPSA) is 44.7 Å². The number of nitrogens with zero attached hydrogens (tertiary/aromatic N) is 1. The average Bonchev–Trinajstić information content (AvgIpc) is 3.46. The van der Waals surface area contributed by atoms with E-state index in [1.807, 2.05) is 37.4 Å². The van der Waals surface area contributed by atoms with E-state index in [-0.39, 0.29) is 0 Å². The summed E-state index contributed by atoms with van der Waals surface area (Å²) in [5.41, 5.74) is 2.51. The lowest BCUT2D eigenvalue weighted by Crippen LogP contribution is -2.32. The number of likely N-dealkylation sites (N-methyl/N-ethyl adjacent to an activating group) is 1. The summed E-state index contributed by atoms with van der Waals surface area (Å²) in [6.07, 6.45) is 2.24. The lowest BCUT2D eigenvalue weighted by molar-refractivity contribution is 0.0744. The fourth-order valence-corrected chi connectivity index (χ4v) is 3.01. The molecule has 2 aromatic carbocycles. The largest absolute Gasteiger partial charge is 0.491 e. The molecule has 1 saturated carbocycles. The third-order valence-electron chi connectivity index (χ3n) is 4.64. The second-order valence-corrected chi connectivity index (χ2v) is 7.37. The van der Waals surface area contributed by atoms with E-state index in [0.717, 1.165) is 31.3 Å². The van der Waals surface area contributed by atoms with Gasteiger partial charge in [0, 0.05) is 19.6 Å². The van der Waals surface area contributed by atoms with E-state index in [9.17, 15) is 5.11 Å². The molecule has 140 valence electrons. The van der Waals surface area contributed by atoms with Crippen LogP contribution in [0.4, 0.5) is 0 Å². The molecule has 0 radical (unpaired) electrons. The van der Waals surface area contributed by atoms with Crippen molar-refractivity contribution >= 4 is 0 Å². The Morgan fingerprint density at radius 2 is 1.81 bits per heavy atom. The second-order valence-electron chi connectivity index (χ2n) is 7.37. The van der Waals surface area contributed by atoms with Gasteiger partial charge in [-0.3, -0.25) is 4.90 Å². The predicted octanol–water partition coefficient (Wildman–Crippen LogP) is 3.06. The summed E-state index contributed by atoms with van der Waals surface area (Å²) in [4.78, 5) is 2.11. The number of aliphatic hydroxyl groups excluding tert-OH is 1. The summed E-state index contributed by atoms with van der Waals surface area (Å²) in [5.74, 6) is 1.71. The van der Waals surface area contributed by atoms with Gasteiger partial charge in [0.1, 0.15) is 18.5 Å². The third kappa shape index (κ3) is 6.79. The molecular formula is C22H30N2O2. The van der Waals surface area contributed by atoms with Gasteiger partial charge >= 0.3 is 0 Å². The first-order chi connectivity index (χ1) is 12.7. The van der Waals surface area contributed by atoms with Gasteiger partial charge in [-0.25, -0.2) is 0 Å². The van der Waals surface area contributed by atoms with Gasteiger partial charge in [0.05, 0.1) is 0 Å². The van der Waals surface area contributed by atoms with Crippen molar-refractivity contribution < 1.29 is 9.84 Å². The van der Waals surface area contributed by atoms with Crippen LogP contribution in [-0.2, 0) is 13.1 Å². The van der Waals surface area contributed by atoms with Crippen LogP contribution < -0.4 is 10.1 Å². The van der Waals surface area contributed by atoms with Gasteiger partial charge in [0.25, 0.3) is 0 Å². The minimum Gasteiger partial charge on any atom is -0.491 e. The van der Waals surface area contributed by atoms with Crippen LogP contribution in [-0.4, -0.2) is 42.9 Å². The number of nitrogens with one attached hydrogen (secondary N) is 1. The summed E-state index contributed by atoms with van der Waals surface area (Å²) in [5, 5.41) is 13.7. The van der Waals surface area contributed by atoms with Crippen LogP contribution in [0.1, 0.15) is 24.0 Å². The molecule has 0 aromatic heterocycles. The number of hydrogen-bond acceptors (Lipinski definition) is 4. The quantitative estimate of drug-likeness (QED) is 0.651. The van der Waals surface area contributed by atoms with Crippen LogP contribution in [0.2, 0.25) is 0 Å². The van der Waals surface area contributed by atoms with Gasteiger partial charge in [0.15, 0.2) is 0 Å². The van der Waals surface area contributed by atoms with Crippen molar-refractivity contribution in [3.8, 4) is 5.75 Å². The molecule has 0 heterocycles. The molecule has 3 rings (SSSR count). The van der Waals surface area contributed by atoms with Crippen LogP contribution >= 0.6 is 0 Å². The van der Waals surface area contributed by atoms with E-state index in [4.69, 9.17) is 4.74 Å². The first kappa shape index (κ1) is 18.9. The first-order valence-corrected chi connectivity index (χ1v) is 9.52. The Labute approximate surface area is 156 Å². The third-order valence-corrected chi connectivity index (χ3v) is 4.64. The molecule has 1 fully saturated rings. The fraction of sp³-hybridized carbons (Fsp3) is 0.455. The van der Waals surface area contributed by atoms with E-state index in [2.05, 4.69) is 34.5 Å². The maximum Gasteiger partial charge on any atom is 0.119 e. The van der Waals surface area contributed by atoms with Crippen molar-refractivity contribution in [2.24, 2.45) is 5.92 Å². The van der Waals surface area contributed by atoms with E-state index in [1.54, 1.807) is 0 Å². The SMILES string of the molecule is CN(Cc1ccccc1)C[C@@H](O)COc1ccc(CNCC2CC2)cc1. The lowest BCUT2D eigenvalue weighted by Gasteiger charge is -2.21. The lowest BCUT2D eigenvalue weighted by atomic mass is 10.2. The molecule has 0 saturated heterocycles. The number of hydrogen-bond donors (Lipinski definition) is 2. The second kappa shape index (κ2) is 9.72. The highest BCUT2D eigenvalue weighted by atomic mass is 16.5. The van der Waals surface area contributed by atoms with Gasteiger partial charge in [-0.15, -0.1) is 0 Å². The zero-order valence-corrected chi connectivity index (χ0v) is 15.6. The molecule has 0 amide bonds. The Balaban J connectivity index is 1.34. The molecule has 0 aliphatic heterocycles. The van der Waals surface area contributed by atoms with Crippen molar-refractivity contribution in [3.63, 3.8) is 0 Å². The molecule has 4 heteroatoms. The highest BCUT2D eigenvalue weighted by Crippen LogP contribution is 2.27. The van der Waals surface area contributed by atoms with Crippen LogP contribution in [0.3, 0.4) is 0 Å². The Bertz CT molecular complexity index is 641. The number of aliphatic hydroxyl groups is 1. The van der Waals surface area contributed by atoms with E-state index < -0.39 is 6.10 Å². The number of ether oxygens (including phenoxy) is 1. The summed E-state index contributed by atoms with van der Waals surface area (Å²) in [6, 6.07) is 18.4. The normalized spacial score (nSPS) is 15.2. The summed E-state index contributed by atoms with van der Waals surface area (Å²) in [6.45, 7) is 3.74.